The number of amides is 1. The summed E-state index contributed by atoms with van der Waals surface area (Å²) in [5.41, 5.74) is 1.79. The number of allylic oxidation sites excluding steroid dienone is 1. The van der Waals surface area contributed by atoms with Crippen LogP contribution in [-0.2, 0) is 14.3 Å². The number of aliphatic hydroxyl groups is 1. The van der Waals surface area contributed by atoms with E-state index in [1.54, 1.807) is 6.08 Å². The summed E-state index contributed by atoms with van der Waals surface area (Å²) in [6, 6.07) is 7.65. The van der Waals surface area contributed by atoms with Gasteiger partial charge in [0.2, 0.25) is 6.29 Å². The van der Waals surface area contributed by atoms with Gasteiger partial charge in [-0.05, 0) is 43.5 Å². The number of ether oxygens (including phenoxy) is 2. The van der Waals surface area contributed by atoms with Gasteiger partial charge in [0.1, 0.15) is 0 Å². The molecule has 1 amide bonds. The van der Waals surface area contributed by atoms with Crippen molar-refractivity contribution in [2.24, 2.45) is 5.92 Å². The second kappa shape index (κ2) is 10.4. The molecule has 0 saturated carbocycles. The number of aliphatic hydroxyl groups excluding tert-OH is 1. The zero-order chi connectivity index (χ0) is 19.6. The molecule has 142 valence electrons. The highest BCUT2D eigenvalue weighted by atomic mass is 16.7. The Kier molecular flexibility index (Phi) is 7.95. The molecular weight excluding hydrogens is 342 g/mol. The van der Waals surface area contributed by atoms with Crippen LogP contribution in [0.5, 0.6) is 0 Å². The lowest BCUT2D eigenvalue weighted by molar-refractivity contribution is -0.166. The minimum absolute atomic E-state index is 0.0435. The lowest BCUT2D eigenvalue weighted by Gasteiger charge is -2.37. The summed E-state index contributed by atoms with van der Waals surface area (Å²) in [6.07, 6.45) is 13.2. The van der Waals surface area contributed by atoms with Gasteiger partial charge in [0, 0.05) is 30.6 Å². The normalized spacial score (nSPS) is 21.3. The Morgan fingerprint density at radius 2 is 2.07 bits per heavy atom. The average Bonchev–Trinajstić information content (AvgIpc) is 2.70. The molecule has 0 bridgehead atoms. The maximum Gasteiger partial charge on any atom is 0.286 e. The number of terminal acetylenes is 2. The highest BCUT2D eigenvalue weighted by molar-refractivity contribution is 5.91. The molecule has 0 fully saturated rings. The molecule has 5 heteroatoms. The van der Waals surface area contributed by atoms with E-state index in [1.807, 2.05) is 31.2 Å². The lowest BCUT2D eigenvalue weighted by Crippen LogP contribution is -2.39. The fourth-order valence-corrected chi connectivity index (χ4v) is 3.16. The van der Waals surface area contributed by atoms with Crippen molar-refractivity contribution < 1.29 is 19.4 Å². The van der Waals surface area contributed by atoms with Crippen molar-refractivity contribution in [1.29, 1.82) is 0 Å². The number of benzene rings is 1. The molecule has 1 heterocycles. The van der Waals surface area contributed by atoms with Crippen molar-refractivity contribution in [3.05, 3.63) is 47.2 Å². The molecule has 3 atom stereocenters. The number of hydrogen-bond acceptors (Lipinski definition) is 4. The summed E-state index contributed by atoms with van der Waals surface area (Å²) < 4.78 is 11.6. The maximum atomic E-state index is 12.4. The van der Waals surface area contributed by atoms with Gasteiger partial charge in [-0.15, -0.1) is 12.8 Å². The molecule has 0 saturated heterocycles. The van der Waals surface area contributed by atoms with Crippen LogP contribution < -0.4 is 5.32 Å². The topological polar surface area (TPSA) is 67.8 Å². The first-order valence-electron chi connectivity index (χ1n) is 9.03. The molecule has 0 aromatic heterocycles. The zero-order valence-electron chi connectivity index (χ0n) is 15.5. The molecule has 0 aliphatic carbocycles. The second-order valence-electron chi connectivity index (χ2n) is 6.18. The Labute approximate surface area is 160 Å². The smallest absolute Gasteiger partial charge is 0.286 e. The highest BCUT2D eigenvalue weighted by Crippen LogP contribution is 2.39. The van der Waals surface area contributed by atoms with E-state index in [-0.39, 0.29) is 36.7 Å². The molecule has 5 nitrogen and oxygen atoms in total. The average molecular weight is 367 g/mol. The predicted octanol–water partition coefficient (Wildman–Crippen LogP) is 2.17. The standard InChI is InChI=1S/C22H25NO4/c1-4-13-23-21(25)20-15-19(17-11-9-16(5-2)10-12-17)18(8-7-14-24)22(27-20)26-6-3/h1-2,9-12,15,18-19,22,24H,6-8,13-14H2,3H3,(H,23,25)/t18-,19+,22+/m1/s1. The van der Waals surface area contributed by atoms with Crippen LogP contribution in [0.1, 0.15) is 36.8 Å². The third-order valence-electron chi connectivity index (χ3n) is 4.45. The fraction of sp³-hybridized carbons (Fsp3) is 0.409. The Balaban J connectivity index is 2.39. The Bertz CT molecular complexity index is 739. The molecule has 0 radical (unpaired) electrons. The van der Waals surface area contributed by atoms with Crippen molar-refractivity contribution in [2.45, 2.75) is 32.0 Å². The van der Waals surface area contributed by atoms with Gasteiger partial charge in [-0.2, -0.15) is 0 Å². The summed E-state index contributed by atoms with van der Waals surface area (Å²) in [5, 5.41) is 11.9. The van der Waals surface area contributed by atoms with Gasteiger partial charge in [-0.1, -0.05) is 24.0 Å². The van der Waals surface area contributed by atoms with Crippen molar-refractivity contribution in [1.82, 2.24) is 5.32 Å². The molecule has 1 aromatic rings. The molecule has 2 N–H and O–H groups in total. The van der Waals surface area contributed by atoms with Gasteiger partial charge < -0.3 is 19.9 Å². The molecule has 2 rings (SSSR count). The number of rotatable bonds is 8. The number of carbonyl (C=O) groups is 1. The summed E-state index contributed by atoms with van der Waals surface area (Å²) >= 11 is 0. The van der Waals surface area contributed by atoms with E-state index in [4.69, 9.17) is 22.3 Å². The van der Waals surface area contributed by atoms with Crippen LogP contribution in [0.25, 0.3) is 0 Å². The summed E-state index contributed by atoms with van der Waals surface area (Å²) in [5.74, 6) is 4.64. The highest BCUT2D eigenvalue weighted by Gasteiger charge is 2.37. The van der Waals surface area contributed by atoms with E-state index < -0.39 is 6.29 Å². The number of hydrogen-bond donors (Lipinski definition) is 2. The molecule has 1 aliphatic heterocycles. The summed E-state index contributed by atoms with van der Waals surface area (Å²) in [4.78, 5) is 12.4. The van der Waals surface area contributed by atoms with Crippen molar-refractivity contribution in [3.8, 4) is 24.7 Å². The lowest BCUT2D eigenvalue weighted by atomic mass is 9.80. The summed E-state index contributed by atoms with van der Waals surface area (Å²) in [6.45, 7) is 2.52. The van der Waals surface area contributed by atoms with E-state index >= 15 is 0 Å². The third kappa shape index (κ3) is 5.37. The number of nitrogens with one attached hydrogen (secondary N) is 1. The second-order valence-corrected chi connectivity index (χ2v) is 6.18. The maximum absolute atomic E-state index is 12.4. The van der Waals surface area contributed by atoms with E-state index in [2.05, 4.69) is 17.2 Å². The van der Waals surface area contributed by atoms with Crippen molar-refractivity contribution in [3.63, 3.8) is 0 Å². The first-order valence-corrected chi connectivity index (χ1v) is 9.03. The molecular formula is C22H25NO4. The van der Waals surface area contributed by atoms with Crippen LogP contribution >= 0.6 is 0 Å². The Hall–Kier alpha value is -2.73. The molecule has 1 aromatic carbocycles. The van der Waals surface area contributed by atoms with Gasteiger partial charge in [0.25, 0.3) is 5.91 Å². The third-order valence-corrected chi connectivity index (χ3v) is 4.45. The van der Waals surface area contributed by atoms with Gasteiger partial charge in [-0.25, -0.2) is 0 Å². The molecule has 0 unspecified atom stereocenters. The molecule has 0 spiro atoms. The molecule has 1 aliphatic rings. The Morgan fingerprint density at radius 3 is 2.67 bits per heavy atom. The first kappa shape index (κ1) is 20.6. The minimum Gasteiger partial charge on any atom is -0.459 e. The van der Waals surface area contributed by atoms with E-state index in [0.29, 0.717) is 19.4 Å². The van der Waals surface area contributed by atoms with Gasteiger partial charge in [0.05, 0.1) is 6.54 Å². The van der Waals surface area contributed by atoms with Gasteiger partial charge in [-0.3, -0.25) is 4.79 Å². The fourth-order valence-electron chi connectivity index (χ4n) is 3.16. The summed E-state index contributed by atoms with van der Waals surface area (Å²) in [7, 11) is 0. The monoisotopic (exact) mass is 367 g/mol. The van der Waals surface area contributed by atoms with Gasteiger partial charge in [0.15, 0.2) is 5.76 Å². The molecule has 27 heavy (non-hydrogen) atoms. The van der Waals surface area contributed by atoms with Crippen molar-refractivity contribution >= 4 is 5.91 Å². The SMILES string of the molecule is C#CCNC(=O)C1=C[C@@H](c2ccc(C#C)cc2)[C@@H](CCCO)[C@@H](OCC)O1. The van der Waals surface area contributed by atoms with E-state index in [0.717, 1.165) is 11.1 Å². The minimum atomic E-state index is -0.588. The quantitative estimate of drug-likeness (QED) is 0.691. The first-order chi connectivity index (χ1) is 13.1. The van der Waals surface area contributed by atoms with E-state index in [1.165, 1.54) is 0 Å². The largest absolute Gasteiger partial charge is 0.459 e. The van der Waals surface area contributed by atoms with Crippen LogP contribution in [0, 0.1) is 30.6 Å². The van der Waals surface area contributed by atoms with Crippen LogP contribution in [0.2, 0.25) is 0 Å². The van der Waals surface area contributed by atoms with Crippen molar-refractivity contribution in [2.75, 3.05) is 19.8 Å². The van der Waals surface area contributed by atoms with Crippen LogP contribution in [-0.4, -0.2) is 37.1 Å². The van der Waals surface area contributed by atoms with Crippen LogP contribution in [0.15, 0.2) is 36.1 Å². The van der Waals surface area contributed by atoms with E-state index in [9.17, 15) is 9.90 Å². The Morgan fingerprint density at radius 1 is 1.33 bits per heavy atom. The zero-order valence-corrected chi connectivity index (χ0v) is 15.5. The predicted molar refractivity (Wildman–Crippen MR) is 103 cm³/mol. The van der Waals surface area contributed by atoms with Crippen LogP contribution in [0.3, 0.4) is 0 Å². The van der Waals surface area contributed by atoms with Crippen LogP contribution in [0.4, 0.5) is 0 Å². The van der Waals surface area contributed by atoms with Gasteiger partial charge >= 0.3 is 0 Å². The number of carbonyl (C=O) groups excluding carboxylic acids is 1.